The molecule has 3 rings (SSSR count). The molecule has 2 aliphatic carbocycles. The number of hydrogen-bond donors (Lipinski definition) is 2. The molecule has 0 bridgehead atoms. The van der Waals surface area contributed by atoms with Gasteiger partial charge in [-0.05, 0) is 43.9 Å². The van der Waals surface area contributed by atoms with Crippen molar-refractivity contribution >= 4 is 5.97 Å². The van der Waals surface area contributed by atoms with Gasteiger partial charge in [0.15, 0.2) is 0 Å². The molecule has 0 aromatic rings. The summed E-state index contributed by atoms with van der Waals surface area (Å²) in [5.74, 6) is 0.590. The van der Waals surface area contributed by atoms with Crippen LogP contribution in [0.15, 0.2) is 0 Å². The lowest BCUT2D eigenvalue weighted by molar-refractivity contribution is -0.138. The van der Waals surface area contributed by atoms with Crippen molar-refractivity contribution in [3.63, 3.8) is 0 Å². The first kappa shape index (κ1) is 14.3. The van der Waals surface area contributed by atoms with E-state index in [0.717, 1.165) is 25.4 Å². The van der Waals surface area contributed by atoms with Crippen LogP contribution in [-0.4, -0.2) is 47.7 Å². The van der Waals surface area contributed by atoms with Crippen molar-refractivity contribution in [2.75, 3.05) is 19.6 Å². The van der Waals surface area contributed by atoms with Gasteiger partial charge in [0.25, 0.3) is 0 Å². The minimum absolute atomic E-state index is 0.332. The molecule has 20 heavy (non-hydrogen) atoms. The third-order valence-electron chi connectivity index (χ3n) is 5.12. The number of nitrogens with zero attached hydrogens (tertiary/aromatic N) is 1. The van der Waals surface area contributed by atoms with E-state index < -0.39 is 5.97 Å². The largest absolute Gasteiger partial charge is 0.481 e. The number of carbonyl (C=O) groups is 1. The average molecular weight is 280 g/mol. The van der Waals surface area contributed by atoms with Crippen LogP contribution in [0.3, 0.4) is 0 Å². The fraction of sp³-hybridized carbons (Fsp3) is 0.938. The predicted octanol–water partition coefficient (Wildman–Crippen LogP) is 2.09. The van der Waals surface area contributed by atoms with E-state index in [4.69, 9.17) is 5.11 Å². The van der Waals surface area contributed by atoms with Gasteiger partial charge in [0, 0.05) is 38.1 Å². The Morgan fingerprint density at radius 2 is 1.80 bits per heavy atom. The Morgan fingerprint density at radius 1 is 1.05 bits per heavy atom. The zero-order valence-corrected chi connectivity index (χ0v) is 12.4. The lowest BCUT2D eigenvalue weighted by Gasteiger charge is -2.39. The van der Waals surface area contributed by atoms with Crippen LogP contribution < -0.4 is 5.32 Å². The van der Waals surface area contributed by atoms with Crippen LogP contribution in [0.1, 0.15) is 51.4 Å². The van der Waals surface area contributed by atoms with E-state index in [1.807, 2.05) is 0 Å². The van der Waals surface area contributed by atoms with E-state index in [2.05, 4.69) is 10.2 Å². The van der Waals surface area contributed by atoms with Crippen molar-refractivity contribution in [2.24, 2.45) is 11.8 Å². The molecule has 3 aliphatic rings. The summed E-state index contributed by atoms with van der Waals surface area (Å²) in [4.78, 5) is 13.6. The molecular weight excluding hydrogens is 252 g/mol. The van der Waals surface area contributed by atoms with E-state index in [1.54, 1.807) is 0 Å². The summed E-state index contributed by atoms with van der Waals surface area (Å²) in [5, 5.41) is 12.9. The van der Waals surface area contributed by atoms with Gasteiger partial charge in [-0.3, -0.25) is 4.79 Å². The summed E-state index contributed by atoms with van der Waals surface area (Å²) >= 11 is 0. The van der Waals surface area contributed by atoms with Crippen LogP contribution in [0.25, 0.3) is 0 Å². The van der Waals surface area contributed by atoms with Gasteiger partial charge >= 0.3 is 5.97 Å². The van der Waals surface area contributed by atoms with Gasteiger partial charge in [-0.2, -0.15) is 0 Å². The monoisotopic (exact) mass is 280 g/mol. The summed E-state index contributed by atoms with van der Waals surface area (Å²) in [7, 11) is 0. The highest BCUT2D eigenvalue weighted by molar-refractivity contribution is 5.67. The number of likely N-dealkylation sites (tertiary alicyclic amines) is 1. The minimum Gasteiger partial charge on any atom is -0.481 e. The van der Waals surface area contributed by atoms with E-state index in [9.17, 15) is 4.79 Å². The predicted molar refractivity (Wildman–Crippen MR) is 78.7 cm³/mol. The van der Waals surface area contributed by atoms with E-state index >= 15 is 0 Å². The first-order chi connectivity index (χ1) is 9.69. The highest BCUT2D eigenvalue weighted by atomic mass is 16.4. The normalized spacial score (nSPS) is 32.6. The fourth-order valence-electron chi connectivity index (χ4n) is 4.06. The molecule has 2 atom stereocenters. The maximum atomic E-state index is 11.0. The molecule has 0 aromatic carbocycles. The molecule has 1 heterocycles. The standard InChI is InChI=1S/C16H28N2O2/c19-16(20)8-13-7-15(17-14-3-1-2-4-14)11-18(10-13)9-12-5-6-12/h12-15,17H,1-11H2,(H,19,20). The smallest absolute Gasteiger partial charge is 0.303 e. The van der Waals surface area contributed by atoms with Gasteiger partial charge in [-0.1, -0.05) is 12.8 Å². The second-order valence-electron chi connectivity index (χ2n) is 7.21. The molecule has 0 aromatic heterocycles. The minimum atomic E-state index is -0.636. The number of aliphatic carboxylic acids is 1. The number of piperidine rings is 1. The van der Waals surface area contributed by atoms with Crippen molar-refractivity contribution in [3.8, 4) is 0 Å². The van der Waals surface area contributed by atoms with Crippen LogP contribution in [-0.2, 0) is 4.79 Å². The Bertz CT molecular complexity index is 337. The highest BCUT2D eigenvalue weighted by Gasteiger charge is 2.33. The Kier molecular flexibility index (Phi) is 4.61. The van der Waals surface area contributed by atoms with Crippen molar-refractivity contribution < 1.29 is 9.90 Å². The van der Waals surface area contributed by atoms with Crippen molar-refractivity contribution in [2.45, 2.75) is 63.5 Å². The first-order valence-electron chi connectivity index (χ1n) is 8.39. The van der Waals surface area contributed by atoms with Crippen molar-refractivity contribution in [1.82, 2.24) is 10.2 Å². The lowest BCUT2D eigenvalue weighted by Crippen LogP contribution is -2.52. The van der Waals surface area contributed by atoms with E-state index in [-0.39, 0.29) is 0 Å². The van der Waals surface area contributed by atoms with Crippen LogP contribution in [0.4, 0.5) is 0 Å². The summed E-state index contributed by atoms with van der Waals surface area (Å²) in [6.07, 6.45) is 9.46. The van der Waals surface area contributed by atoms with Gasteiger partial charge in [-0.25, -0.2) is 0 Å². The number of hydrogen-bond acceptors (Lipinski definition) is 3. The SMILES string of the molecule is O=C(O)CC1CC(NC2CCCC2)CN(CC2CC2)C1. The van der Waals surface area contributed by atoms with E-state index in [0.29, 0.717) is 24.4 Å². The number of carboxylic acid groups (broad SMARTS) is 1. The van der Waals surface area contributed by atoms with Crippen LogP contribution in [0.2, 0.25) is 0 Å². The molecule has 4 heteroatoms. The lowest BCUT2D eigenvalue weighted by atomic mass is 9.90. The molecule has 1 saturated heterocycles. The molecule has 2 unspecified atom stereocenters. The summed E-state index contributed by atoms with van der Waals surface area (Å²) in [6, 6.07) is 1.20. The topological polar surface area (TPSA) is 52.6 Å². The van der Waals surface area contributed by atoms with E-state index in [1.165, 1.54) is 45.1 Å². The maximum absolute atomic E-state index is 11.0. The van der Waals surface area contributed by atoms with Gasteiger partial charge < -0.3 is 15.3 Å². The Morgan fingerprint density at radius 3 is 2.45 bits per heavy atom. The van der Waals surface area contributed by atoms with Crippen molar-refractivity contribution in [1.29, 1.82) is 0 Å². The number of nitrogens with one attached hydrogen (secondary N) is 1. The van der Waals surface area contributed by atoms with Gasteiger partial charge in [0.1, 0.15) is 0 Å². The Balaban J connectivity index is 1.54. The summed E-state index contributed by atoms with van der Waals surface area (Å²) < 4.78 is 0. The second-order valence-corrected chi connectivity index (χ2v) is 7.21. The van der Waals surface area contributed by atoms with Gasteiger partial charge in [0.05, 0.1) is 0 Å². The number of carboxylic acids is 1. The molecule has 3 fully saturated rings. The third kappa shape index (κ3) is 4.19. The molecule has 1 aliphatic heterocycles. The average Bonchev–Trinajstić information content (AvgIpc) is 3.02. The Hall–Kier alpha value is -0.610. The molecular formula is C16H28N2O2. The molecule has 114 valence electrons. The fourth-order valence-corrected chi connectivity index (χ4v) is 4.06. The summed E-state index contributed by atoms with van der Waals surface area (Å²) in [6.45, 7) is 3.31. The molecule has 0 amide bonds. The van der Waals surface area contributed by atoms with Crippen LogP contribution in [0.5, 0.6) is 0 Å². The molecule has 2 saturated carbocycles. The van der Waals surface area contributed by atoms with Crippen LogP contribution in [0, 0.1) is 11.8 Å². The maximum Gasteiger partial charge on any atom is 0.303 e. The molecule has 4 nitrogen and oxygen atoms in total. The molecule has 0 spiro atoms. The zero-order valence-electron chi connectivity index (χ0n) is 12.4. The Labute approximate surface area is 121 Å². The highest BCUT2D eigenvalue weighted by Crippen LogP contribution is 2.32. The third-order valence-corrected chi connectivity index (χ3v) is 5.12. The summed E-state index contributed by atoms with van der Waals surface area (Å²) in [5.41, 5.74) is 0. The van der Waals surface area contributed by atoms with Crippen molar-refractivity contribution in [3.05, 3.63) is 0 Å². The van der Waals surface area contributed by atoms with Gasteiger partial charge in [-0.15, -0.1) is 0 Å². The number of rotatable bonds is 6. The first-order valence-corrected chi connectivity index (χ1v) is 8.39. The quantitative estimate of drug-likeness (QED) is 0.782. The molecule has 0 radical (unpaired) electrons. The second kappa shape index (κ2) is 6.44. The van der Waals surface area contributed by atoms with Gasteiger partial charge in [0.2, 0.25) is 0 Å². The molecule has 2 N–H and O–H groups in total. The van der Waals surface area contributed by atoms with Crippen LogP contribution >= 0.6 is 0 Å². The zero-order chi connectivity index (χ0) is 13.9.